The highest BCUT2D eigenvalue weighted by atomic mass is 16.6. The second-order valence-electron chi connectivity index (χ2n) is 15.3. The summed E-state index contributed by atoms with van der Waals surface area (Å²) in [5, 5.41) is 0. The fraction of sp³-hybridized carbons (Fsp3) is 0.776. The maximum atomic E-state index is 12.7. The lowest BCUT2D eigenvalue weighted by Gasteiger charge is -2.18. The van der Waals surface area contributed by atoms with Gasteiger partial charge in [0.15, 0.2) is 6.10 Å². The number of hydrogen-bond acceptors (Lipinski definition) is 6. The molecule has 0 aliphatic rings. The van der Waals surface area contributed by atoms with E-state index in [4.69, 9.17) is 14.2 Å². The number of rotatable bonds is 41. The molecule has 0 rings (SSSR count). The zero-order chi connectivity index (χ0) is 40.1. The Bertz CT molecular complexity index is 980. The minimum Gasteiger partial charge on any atom is -0.462 e. The SMILES string of the molecule is CC/C=C\C/C=C\C/C=C\CC(=O)OCC(COC(=O)CCCCCCCCCCCCCCCCCCC)OC(=O)CCCCCCC/C=C\CCCC. The predicted octanol–water partition coefficient (Wildman–Crippen LogP) is 14.8. The summed E-state index contributed by atoms with van der Waals surface area (Å²) in [5.74, 6) is -1.04. The lowest BCUT2D eigenvalue weighted by molar-refractivity contribution is -0.166. The molecule has 55 heavy (non-hydrogen) atoms. The minimum absolute atomic E-state index is 0.101. The van der Waals surface area contributed by atoms with Crippen LogP contribution in [-0.4, -0.2) is 37.2 Å². The van der Waals surface area contributed by atoms with Gasteiger partial charge in [0.1, 0.15) is 13.2 Å². The Morgan fingerprint density at radius 3 is 1.31 bits per heavy atom. The molecule has 0 saturated heterocycles. The Balaban J connectivity index is 4.34. The molecule has 318 valence electrons. The van der Waals surface area contributed by atoms with Crippen LogP contribution in [0, 0.1) is 0 Å². The molecule has 1 unspecified atom stereocenters. The molecule has 6 nitrogen and oxygen atoms in total. The molecule has 0 aromatic rings. The van der Waals surface area contributed by atoms with Crippen LogP contribution >= 0.6 is 0 Å². The second-order valence-corrected chi connectivity index (χ2v) is 15.3. The number of esters is 3. The molecular weight excluding hydrogens is 685 g/mol. The van der Waals surface area contributed by atoms with E-state index in [2.05, 4.69) is 57.2 Å². The van der Waals surface area contributed by atoms with Crippen molar-refractivity contribution in [3.05, 3.63) is 48.6 Å². The zero-order valence-electron chi connectivity index (χ0n) is 36.2. The van der Waals surface area contributed by atoms with Crippen LogP contribution < -0.4 is 0 Å². The fourth-order valence-corrected chi connectivity index (χ4v) is 6.37. The molecule has 0 saturated carbocycles. The predicted molar refractivity (Wildman–Crippen MR) is 233 cm³/mol. The van der Waals surface area contributed by atoms with E-state index in [0.717, 1.165) is 70.6 Å². The van der Waals surface area contributed by atoms with E-state index in [-0.39, 0.29) is 31.6 Å². The van der Waals surface area contributed by atoms with E-state index in [1.165, 1.54) is 116 Å². The summed E-state index contributed by atoms with van der Waals surface area (Å²) in [7, 11) is 0. The van der Waals surface area contributed by atoms with E-state index >= 15 is 0 Å². The van der Waals surface area contributed by atoms with Crippen LogP contribution in [0.1, 0.15) is 226 Å². The quantitative estimate of drug-likeness (QED) is 0.0267. The van der Waals surface area contributed by atoms with Crippen LogP contribution in [0.4, 0.5) is 0 Å². The highest BCUT2D eigenvalue weighted by molar-refractivity contribution is 5.72. The summed E-state index contributed by atoms with van der Waals surface area (Å²) in [6.07, 6.45) is 51.3. The number of carbonyl (C=O) groups is 3. The first-order valence-corrected chi connectivity index (χ1v) is 23.1. The molecule has 0 fully saturated rings. The Kier molecular flexibility index (Phi) is 42.0. The molecule has 0 aliphatic carbocycles. The lowest BCUT2D eigenvalue weighted by Crippen LogP contribution is -2.30. The van der Waals surface area contributed by atoms with Crippen molar-refractivity contribution in [2.45, 2.75) is 232 Å². The molecule has 0 aliphatic heterocycles. The molecule has 0 spiro atoms. The van der Waals surface area contributed by atoms with Crippen molar-refractivity contribution in [2.24, 2.45) is 0 Å². The Morgan fingerprint density at radius 1 is 0.400 bits per heavy atom. The topological polar surface area (TPSA) is 78.9 Å². The summed E-state index contributed by atoms with van der Waals surface area (Å²) >= 11 is 0. The molecule has 0 amide bonds. The molecule has 0 aromatic carbocycles. The second kappa shape index (κ2) is 44.1. The lowest BCUT2D eigenvalue weighted by atomic mass is 10.0. The zero-order valence-corrected chi connectivity index (χ0v) is 36.2. The molecule has 0 aromatic heterocycles. The van der Waals surface area contributed by atoms with E-state index in [1.807, 2.05) is 6.08 Å². The van der Waals surface area contributed by atoms with Gasteiger partial charge in [0.05, 0.1) is 6.42 Å². The van der Waals surface area contributed by atoms with Crippen LogP contribution in [0.5, 0.6) is 0 Å². The third-order valence-corrected chi connectivity index (χ3v) is 9.85. The normalized spacial score (nSPS) is 12.4. The van der Waals surface area contributed by atoms with Crippen molar-refractivity contribution >= 4 is 17.9 Å². The highest BCUT2D eigenvalue weighted by Crippen LogP contribution is 2.15. The molecular formula is C49H86O6. The summed E-state index contributed by atoms with van der Waals surface area (Å²) in [5.41, 5.74) is 0. The molecule has 0 radical (unpaired) electrons. The van der Waals surface area contributed by atoms with Gasteiger partial charge in [0, 0.05) is 12.8 Å². The van der Waals surface area contributed by atoms with Crippen LogP contribution in [0.3, 0.4) is 0 Å². The highest BCUT2D eigenvalue weighted by Gasteiger charge is 2.19. The van der Waals surface area contributed by atoms with Crippen molar-refractivity contribution in [1.82, 2.24) is 0 Å². The first kappa shape index (κ1) is 52.4. The standard InChI is InChI=1S/C49H86O6/c1-4-7-10-13-16-19-21-22-23-24-25-26-28-30-33-36-39-42-48(51)54-45-46(44-53-47(50)41-38-35-32-29-18-15-12-9-6-3)55-49(52)43-40-37-34-31-27-20-17-14-11-8-5-2/h9,12,14,17-18,29,35,38,46H,4-8,10-11,13,15-16,19-28,30-34,36-37,39-45H2,1-3H3/b12-9-,17-14-,29-18-,38-35-. The molecule has 0 N–H and O–H groups in total. The summed E-state index contributed by atoms with van der Waals surface area (Å²) < 4.78 is 16.6. The summed E-state index contributed by atoms with van der Waals surface area (Å²) in [6.45, 7) is 6.38. The van der Waals surface area contributed by atoms with Gasteiger partial charge in [-0.3, -0.25) is 14.4 Å². The Morgan fingerprint density at radius 2 is 0.800 bits per heavy atom. The van der Waals surface area contributed by atoms with Gasteiger partial charge in [-0.15, -0.1) is 0 Å². The number of carbonyl (C=O) groups excluding carboxylic acids is 3. The average molecular weight is 771 g/mol. The largest absolute Gasteiger partial charge is 0.462 e. The molecule has 0 heterocycles. The molecule has 6 heteroatoms. The maximum absolute atomic E-state index is 12.7. The summed E-state index contributed by atoms with van der Waals surface area (Å²) in [6, 6.07) is 0. The number of allylic oxidation sites excluding steroid dienone is 7. The van der Waals surface area contributed by atoms with Gasteiger partial charge < -0.3 is 14.2 Å². The van der Waals surface area contributed by atoms with E-state index in [1.54, 1.807) is 6.08 Å². The van der Waals surface area contributed by atoms with Gasteiger partial charge in [-0.05, 0) is 51.4 Å². The van der Waals surface area contributed by atoms with Gasteiger partial charge in [0.25, 0.3) is 0 Å². The monoisotopic (exact) mass is 771 g/mol. The van der Waals surface area contributed by atoms with Crippen molar-refractivity contribution in [3.63, 3.8) is 0 Å². The van der Waals surface area contributed by atoms with Gasteiger partial charge in [-0.2, -0.15) is 0 Å². The third kappa shape index (κ3) is 42.4. The molecule has 1 atom stereocenters. The average Bonchev–Trinajstić information content (AvgIpc) is 3.18. The van der Waals surface area contributed by atoms with Gasteiger partial charge >= 0.3 is 17.9 Å². The Labute approximate surface area is 339 Å². The van der Waals surface area contributed by atoms with Gasteiger partial charge in [0.2, 0.25) is 0 Å². The van der Waals surface area contributed by atoms with Crippen LogP contribution in [0.2, 0.25) is 0 Å². The van der Waals surface area contributed by atoms with Crippen molar-refractivity contribution in [2.75, 3.05) is 13.2 Å². The fourth-order valence-electron chi connectivity index (χ4n) is 6.37. The maximum Gasteiger partial charge on any atom is 0.309 e. The minimum atomic E-state index is -0.807. The van der Waals surface area contributed by atoms with Gasteiger partial charge in [-0.25, -0.2) is 0 Å². The van der Waals surface area contributed by atoms with Crippen molar-refractivity contribution in [1.29, 1.82) is 0 Å². The van der Waals surface area contributed by atoms with E-state index < -0.39 is 12.1 Å². The molecule has 0 bridgehead atoms. The van der Waals surface area contributed by atoms with Crippen LogP contribution in [0.25, 0.3) is 0 Å². The first-order valence-electron chi connectivity index (χ1n) is 23.1. The third-order valence-electron chi connectivity index (χ3n) is 9.85. The van der Waals surface area contributed by atoms with Gasteiger partial charge in [-0.1, -0.05) is 204 Å². The van der Waals surface area contributed by atoms with Crippen LogP contribution in [0.15, 0.2) is 48.6 Å². The van der Waals surface area contributed by atoms with Crippen molar-refractivity contribution < 1.29 is 28.6 Å². The first-order chi connectivity index (χ1) is 27.0. The van der Waals surface area contributed by atoms with Crippen LogP contribution in [-0.2, 0) is 28.6 Å². The smallest absolute Gasteiger partial charge is 0.309 e. The Hall–Kier alpha value is -2.63. The number of ether oxygens (including phenoxy) is 3. The van der Waals surface area contributed by atoms with E-state index in [9.17, 15) is 14.4 Å². The number of hydrogen-bond donors (Lipinski definition) is 0. The summed E-state index contributed by atoms with van der Waals surface area (Å²) in [4.78, 5) is 37.6. The van der Waals surface area contributed by atoms with E-state index in [0.29, 0.717) is 12.8 Å². The number of unbranched alkanes of at least 4 members (excludes halogenated alkanes) is 23. The van der Waals surface area contributed by atoms with Crippen molar-refractivity contribution in [3.8, 4) is 0 Å².